The summed E-state index contributed by atoms with van der Waals surface area (Å²) >= 11 is 0. The Hall–Kier alpha value is -1.55. The maximum Gasteiger partial charge on any atom is 0.326 e. The van der Waals surface area contributed by atoms with Crippen molar-refractivity contribution in [2.24, 2.45) is 0 Å². The number of aryl methyl sites for hydroxylation is 1. The standard InChI is InChI=1S/C17H25N3O/c1-4-8-19(9-5-2)13-10-14-12(3)6-7-15-16(14)20(11-13)17(21)18-15/h6-7,13H,4-5,8-11H2,1-3H3,(H,18,21). The molecule has 1 aliphatic rings. The first-order valence-corrected chi connectivity index (χ1v) is 8.10. The van der Waals surface area contributed by atoms with Gasteiger partial charge < -0.3 is 4.98 Å². The predicted molar refractivity (Wildman–Crippen MR) is 86.9 cm³/mol. The average Bonchev–Trinajstić information content (AvgIpc) is 2.80. The van der Waals surface area contributed by atoms with Crippen LogP contribution < -0.4 is 5.69 Å². The van der Waals surface area contributed by atoms with Crippen LogP contribution in [0.4, 0.5) is 0 Å². The molecule has 4 heteroatoms. The van der Waals surface area contributed by atoms with E-state index in [1.807, 2.05) is 10.6 Å². The molecule has 2 heterocycles. The fourth-order valence-electron chi connectivity index (χ4n) is 3.67. The molecule has 2 aromatic rings. The molecule has 0 fully saturated rings. The van der Waals surface area contributed by atoms with E-state index in [0.717, 1.165) is 49.9 Å². The molecule has 0 bridgehead atoms. The highest BCUT2D eigenvalue weighted by Crippen LogP contribution is 2.27. The van der Waals surface area contributed by atoms with E-state index in [1.54, 1.807) is 0 Å². The number of benzene rings is 1. The molecular formula is C17H25N3O. The summed E-state index contributed by atoms with van der Waals surface area (Å²) in [6, 6.07) is 4.60. The Balaban J connectivity index is 2.03. The van der Waals surface area contributed by atoms with Gasteiger partial charge in [-0.1, -0.05) is 19.9 Å². The molecule has 0 saturated carbocycles. The van der Waals surface area contributed by atoms with Crippen molar-refractivity contribution in [3.8, 4) is 0 Å². The number of hydrogen-bond acceptors (Lipinski definition) is 2. The van der Waals surface area contributed by atoms with Crippen LogP contribution in [0.25, 0.3) is 11.0 Å². The molecule has 1 atom stereocenters. The van der Waals surface area contributed by atoms with E-state index in [-0.39, 0.29) is 5.69 Å². The Labute approximate surface area is 125 Å². The number of imidazole rings is 1. The highest BCUT2D eigenvalue weighted by Gasteiger charge is 2.27. The Bertz CT molecular complexity index is 692. The Morgan fingerprint density at radius 1 is 1.29 bits per heavy atom. The summed E-state index contributed by atoms with van der Waals surface area (Å²) in [6.45, 7) is 9.65. The lowest BCUT2D eigenvalue weighted by atomic mass is 9.95. The lowest BCUT2D eigenvalue weighted by Crippen LogP contribution is -2.44. The van der Waals surface area contributed by atoms with Crippen molar-refractivity contribution in [3.05, 3.63) is 33.7 Å². The molecule has 1 aliphatic heterocycles. The number of nitrogens with zero attached hydrogens (tertiary/aromatic N) is 2. The fourth-order valence-corrected chi connectivity index (χ4v) is 3.67. The molecular weight excluding hydrogens is 262 g/mol. The molecule has 0 radical (unpaired) electrons. The minimum Gasteiger partial charge on any atom is -0.306 e. The second kappa shape index (κ2) is 5.68. The normalized spacial score (nSPS) is 17.8. The molecule has 0 aliphatic carbocycles. The minimum atomic E-state index is 0.0366. The van der Waals surface area contributed by atoms with Crippen LogP contribution in [0.5, 0.6) is 0 Å². The van der Waals surface area contributed by atoms with Gasteiger partial charge in [0, 0.05) is 12.6 Å². The number of aromatic amines is 1. The molecule has 0 amide bonds. The lowest BCUT2D eigenvalue weighted by molar-refractivity contribution is 0.172. The SMILES string of the molecule is CCCN(CCC)C1Cc2c(C)ccc3[nH]c(=O)n(c23)C1. The van der Waals surface area contributed by atoms with Gasteiger partial charge in [-0.2, -0.15) is 0 Å². The first-order valence-electron chi connectivity index (χ1n) is 8.10. The van der Waals surface area contributed by atoms with E-state index in [4.69, 9.17) is 0 Å². The van der Waals surface area contributed by atoms with Crippen LogP contribution in [0.1, 0.15) is 37.8 Å². The number of hydrogen-bond donors (Lipinski definition) is 1. The van der Waals surface area contributed by atoms with E-state index in [9.17, 15) is 4.79 Å². The van der Waals surface area contributed by atoms with Gasteiger partial charge in [0.15, 0.2) is 0 Å². The van der Waals surface area contributed by atoms with Crippen LogP contribution in [-0.4, -0.2) is 33.6 Å². The second-order valence-corrected chi connectivity index (χ2v) is 6.19. The summed E-state index contributed by atoms with van der Waals surface area (Å²) in [6.07, 6.45) is 3.38. The van der Waals surface area contributed by atoms with Crippen molar-refractivity contribution in [2.75, 3.05) is 13.1 Å². The van der Waals surface area contributed by atoms with Crippen LogP contribution in [-0.2, 0) is 13.0 Å². The Kier molecular flexibility index (Phi) is 3.89. The van der Waals surface area contributed by atoms with Crippen molar-refractivity contribution in [3.63, 3.8) is 0 Å². The average molecular weight is 287 g/mol. The number of aromatic nitrogens is 2. The summed E-state index contributed by atoms with van der Waals surface area (Å²) in [5, 5.41) is 0. The van der Waals surface area contributed by atoms with Crippen LogP contribution in [0.3, 0.4) is 0 Å². The molecule has 1 unspecified atom stereocenters. The second-order valence-electron chi connectivity index (χ2n) is 6.19. The van der Waals surface area contributed by atoms with E-state index >= 15 is 0 Å². The van der Waals surface area contributed by atoms with Gasteiger partial charge in [0.2, 0.25) is 0 Å². The molecule has 1 N–H and O–H groups in total. The lowest BCUT2D eigenvalue weighted by Gasteiger charge is -2.35. The van der Waals surface area contributed by atoms with Crippen LogP contribution >= 0.6 is 0 Å². The quantitative estimate of drug-likeness (QED) is 0.918. The van der Waals surface area contributed by atoms with E-state index in [1.165, 1.54) is 11.1 Å². The van der Waals surface area contributed by atoms with Gasteiger partial charge in [0.25, 0.3) is 0 Å². The molecule has 1 aromatic heterocycles. The van der Waals surface area contributed by atoms with Crippen LogP contribution in [0.2, 0.25) is 0 Å². The summed E-state index contributed by atoms with van der Waals surface area (Å²) in [7, 11) is 0. The van der Waals surface area contributed by atoms with Gasteiger partial charge >= 0.3 is 5.69 Å². The number of rotatable bonds is 5. The smallest absolute Gasteiger partial charge is 0.306 e. The van der Waals surface area contributed by atoms with Gasteiger partial charge in [-0.25, -0.2) is 4.79 Å². The zero-order valence-electron chi connectivity index (χ0n) is 13.3. The largest absolute Gasteiger partial charge is 0.326 e. The third kappa shape index (κ3) is 2.42. The molecule has 0 spiro atoms. The predicted octanol–water partition coefficient (Wildman–Crippen LogP) is 2.68. The minimum absolute atomic E-state index is 0.0366. The van der Waals surface area contributed by atoms with E-state index < -0.39 is 0 Å². The maximum absolute atomic E-state index is 12.2. The van der Waals surface area contributed by atoms with Crippen LogP contribution in [0, 0.1) is 6.92 Å². The number of nitrogens with one attached hydrogen (secondary N) is 1. The topological polar surface area (TPSA) is 41.0 Å². The maximum atomic E-state index is 12.2. The van der Waals surface area contributed by atoms with Gasteiger partial charge in [-0.3, -0.25) is 9.47 Å². The van der Waals surface area contributed by atoms with Gasteiger partial charge in [-0.15, -0.1) is 0 Å². The van der Waals surface area contributed by atoms with E-state index in [0.29, 0.717) is 6.04 Å². The van der Waals surface area contributed by atoms with Crippen molar-refractivity contribution in [2.45, 2.75) is 52.6 Å². The van der Waals surface area contributed by atoms with Gasteiger partial charge in [0.05, 0.1) is 11.0 Å². The third-order valence-electron chi connectivity index (χ3n) is 4.64. The molecule has 3 rings (SSSR count). The highest BCUT2D eigenvalue weighted by molar-refractivity contribution is 5.81. The molecule has 1 aromatic carbocycles. The molecule has 21 heavy (non-hydrogen) atoms. The summed E-state index contributed by atoms with van der Waals surface area (Å²) < 4.78 is 1.95. The Morgan fingerprint density at radius 2 is 2.00 bits per heavy atom. The molecule has 114 valence electrons. The first-order chi connectivity index (χ1) is 10.2. The summed E-state index contributed by atoms with van der Waals surface area (Å²) in [5.41, 5.74) is 4.79. The zero-order valence-corrected chi connectivity index (χ0v) is 13.3. The monoisotopic (exact) mass is 287 g/mol. The Morgan fingerprint density at radius 3 is 2.67 bits per heavy atom. The van der Waals surface area contributed by atoms with Crippen molar-refractivity contribution < 1.29 is 0 Å². The van der Waals surface area contributed by atoms with E-state index in [2.05, 4.69) is 36.7 Å². The summed E-state index contributed by atoms with van der Waals surface area (Å²) in [4.78, 5) is 17.8. The highest BCUT2D eigenvalue weighted by atomic mass is 16.1. The number of H-pyrrole nitrogens is 1. The summed E-state index contributed by atoms with van der Waals surface area (Å²) in [5.74, 6) is 0. The van der Waals surface area contributed by atoms with Crippen molar-refractivity contribution >= 4 is 11.0 Å². The first kappa shape index (κ1) is 14.4. The van der Waals surface area contributed by atoms with Crippen molar-refractivity contribution in [1.29, 1.82) is 0 Å². The third-order valence-corrected chi connectivity index (χ3v) is 4.64. The fraction of sp³-hybridized carbons (Fsp3) is 0.588. The van der Waals surface area contributed by atoms with Gasteiger partial charge in [-0.05, 0) is 56.5 Å². The van der Waals surface area contributed by atoms with Gasteiger partial charge in [0.1, 0.15) is 0 Å². The van der Waals surface area contributed by atoms with Crippen LogP contribution in [0.15, 0.2) is 16.9 Å². The van der Waals surface area contributed by atoms with Crippen molar-refractivity contribution in [1.82, 2.24) is 14.5 Å². The molecule has 4 nitrogen and oxygen atoms in total. The molecule has 0 saturated heterocycles. The zero-order chi connectivity index (χ0) is 15.0.